The summed E-state index contributed by atoms with van der Waals surface area (Å²) in [7, 11) is 0. The lowest BCUT2D eigenvalue weighted by Gasteiger charge is -2.08. The predicted molar refractivity (Wildman–Crippen MR) is 71.6 cm³/mol. The smallest absolute Gasteiger partial charge is 0.259 e. The van der Waals surface area contributed by atoms with Gasteiger partial charge < -0.3 is 16.2 Å². The molecule has 0 radical (unpaired) electrons. The number of phenolic OH excluding ortho intramolecular Hbond substituents is 1. The van der Waals surface area contributed by atoms with Gasteiger partial charge in [-0.25, -0.2) is 0 Å². The molecule has 1 amide bonds. The van der Waals surface area contributed by atoms with Crippen molar-refractivity contribution in [1.29, 1.82) is 5.26 Å². The Labute approximate surface area is 109 Å². The van der Waals surface area contributed by atoms with Gasteiger partial charge in [-0.05, 0) is 36.4 Å². The summed E-state index contributed by atoms with van der Waals surface area (Å²) < 4.78 is 0. The van der Waals surface area contributed by atoms with Crippen LogP contribution in [0.5, 0.6) is 5.75 Å². The molecule has 5 heteroatoms. The molecule has 2 aromatic carbocycles. The Bertz CT molecular complexity index is 657. The van der Waals surface area contributed by atoms with Crippen LogP contribution >= 0.6 is 0 Å². The molecule has 0 aliphatic carbocycles. The first-order valence-corrected chi connectivity index (χ1v) is 5.51. The van der Waals surface area contributed by atoms with Gasteiger partial charge in [0.2, 0.25) is 0 Å². The standard InChI is InChI=1S/C14H11N3O2/c15-8-9-4-6-10(7-5-9)17-14(19)11-2-1-3-12(16)13(11)18/h1-7,18H,16H2,(H,17,19). The van der Waals surface area contributed by atoms with Crippen LogP contribution in [0.2, 0.25) is 0 Å². The molecule has 2 aromatic rings. The summed E-state index contributed by atoms with van der Waals surface area (Å²) in [6.07, 6.45) is 0. The second-order valence-corrected chi connectivity index (χ2v) is 3.89. The molecule has 2 rings (SSSR count). The zero-order chi connectivity index (χ0) is 13.8. The topological polar surface area (TPSA) is 99.1 Å². The summed E-state index contributed by atoms with van der Waals surface area (Å²) in [5, 5.41) is 21.0. The fourth-order valence-electron chi connectivity index (χ4n) is 1.57. The van der Waals surface area contributed by atoms with Crippen molar-refractivity contribution in [2.45, 2.75) is 0 Å². The van der Waals surface area contributed by atoms with Crippen molar-refractivity contribution < 1.29 is 9.90 Å². The number of nitrogens with zero attached hydrogens (tertiary/aromatic N) is 1. The Kier molecular flexibility index (Phi) is 3.35. The van der Waals surface area contributed by atoms with E-state index in [1.807, 2.05) is 6.07 Å². The highest BCUT2D eigenvalue weighted by molar-refractivity contribution is 6.07. The lowest BCUT2D eigenvalue weighted by molar-refractivity contribution is 0.102. The Morgan fingerprint density at radius 2 is 1.89 bits per heavy atom. The molecule has 19 heavy (non-hydrogen) atoms. The average Bonchev–Trinajstić information content (AvgIpc) is 2.42. The molecule has 4 N–H and O–H groups in total. The van der Waals surface area contributed by atoms with Crippen LogP contribution in [0, 0.1) is 11.3 Å². The molecule has 0 aliphatic rings. The van der Waals surface area contributed by atoms with Crippen LogP contribution in [0.3, 0.4) is 0 Å². The molecule has 0 aromatic heterocycles. The minimum Gasteiger partial charge on any atom is -0.505 e. The molecule has 94 valence electrons. The molecule has 0 bridgehead atoms. The average molecular weight is 253 g/mol. The van der Waals surface area contributed by atoms with Gasteiger partial charge in [-0.2, -0.15) is 5.26 Å². The lowest BCUT2D eigenvalue weighted by Crippen LogP contribution is -2.12. The molecule has 5 nitrogen and oxygen atoms in total. The molecular weight excluding hydrogens is 242 g/mol. The number of rotatable bonds is 2. The Balaban J connectivity index is 2.21. The van der Waals surface area contributed by atoms with E-state index in [2.05, 4.69) is 5.32 Å². The number of hydrogen-bond acceptors (Lipinski definition) is 4. The quantitative estimate of drug-likeness (QED) is 0.563. The lowest BCUT2D eigenvalue weighted by atomic mass is 10.1. The fraction of sp³-hybridized carbons (Fsp3) is 0. The van der Waals surface area contributed by atoms with Gasteiger partial charge in [-0.3, -0.25) is 4.79 Å². The van der Waals surface area contributed by atoms with Gasteiger partial charge in [0.1, 0.15) is 0 Å². The summed E-state index contributed by atoms with van der Waals surface area (Å²) in [6.45, 7) is 0. The Morgan fingerprint density at radius 1 is 1.21 bits per heavy atom. The highest BCUT2D eigenvalue weighted by Crippen LogP contribution is 2.25. The molecule has 0 saturated carbocycles. The van der Waals surface area contributed by atoms with Crippen molar-refractivity contribution in [2.75, 3.05) is 11.1 Å². The SMILES string of the molecule is N#Cc1ccc(NC(=O)c2cccc(N)c2O)cc1. The summed E-state index contributed by atoms with van der Waals surface area (Å²) in [5.41, 5.74) is 6.81. The Morgan fingerprint density at radius 3 is 2.53 bits per heavy atom. The van der Waals surface area contributed by atoms with E-state index in [0.29, 0.717) is 11.3 Å². The molecule has 0 atom stereocenters. The van der Waals surface area contributed by atoms with Gasteiger partial charge in [0.25, 0.3) is 5.91 Å². The zero-order valence-corrected chi connectivity index (χ0v) is 9.92. The van der Waals surface area contributed by atoms with E-state index in [1.54, 1.807) is 30.3 Å². The van der Waals surface area contributed by atoms with Gasteiger partial charge in [0, 0.05) is 5.69 Å². The Hall–Kier alpha value is -3.00. The van der Waals surface area contributed by atoms with E-state index >= 15 is 0 Å². The minimum atomic E-state index is -0.463. The van der Waals surface area contributed by atoms with Gasteiger partial charge in [0.05, 0.1) is 22.9 Å². The number of nitrogen functional groups attached to an aromatic ring is 1. The van der Waals surface area contributed by atoms with Crippen molar-refractivity contribution in [1.82, 2.24) is 0 Å². The number of para-hydroxylation sites is 1. The van der Waals surface area contributed by atoms with E-state index in [9.17, 15) is 9.90 Å². The van der Waals surface area contributed by atoms with Gasteiger partial charge in [0.15, 0.2) is 5.75 Å². The van der Waals surface area contributed by atoms with Gasteiger partial charge >= 0.3 is 0 Å². The first-order chi connectivity index (χ1) is 9.11. The molecule has 0 heterocycles. The first-order valence-electron chi connectivity index (χ1n) is 5.51. The molecule has 0 spiro atoms. The van der Waals surface area contributed by atoms with Crippen LogP contribution < -0.4 is 11.1 Å². The van der Waals surface area contributed by atoms with Gasteiger partial charge in [-0.1, -0.05) is 6.07 Å². The van der Waals surface area contributed by atoms with E-state index in [1.165, 1.54) is 12.1 Å². The normalized spacial score (nSPS) is 9.63. The number of aromatic hydroxyl groups is 1. The number of nitrogens with two attached hydrogens (primary N) is 1. The van der Waals surface area contributed by atoms with Crippen LogP contribution in [0.15, 0.2) is 42.5 Å². The molecular formula is C14H11N3O2. The second-order valence-electron chi connectivity index (χ2n) is 3.89. The van der Waals surface area contributed by atoms with Crippen molar-refractivity contribution in [3.05, 3.63) is 53.6 Å². The summed E-state index contributed by atoms with van der Waals surface area (Å²) in [4.78, 5) is 11.9. The second kappa shape index (κ2) is 5.10. The predicted octanol–water partition coefficient (Wildman–Crippen LogP) is 2.10. The largest absolute Gasteiger partial charge is 0.505 e. The van der Waals surface area contributed by atoms with Crippen LogP contribution in [-0.4, -0.2) is 11.0 Å². The third-order valence-corrected chi connectivity index (χ3v) is 2.58. The first kappa shape index (κ1) is 12.5. The van der Waals surface area contributed by atoms with Crippen LogP contribution in [0.1, 0.15) is 15.9 Å². The third-order valence-electron chi connectivity index (χ3n) is 2.58. The molecule has 0 saturated heterocycles. The molecule has 0 aliphatic heterocycles. The maximum absolute atomic E-state index is 11.9. The molecule has 0 fully saturated rings. The van der Waals surface area contributed by atoms with Crippen molar-refractivity contribution in [3.63, 3.8) is 0 Å². The van der Waals surface area contributed by atoms with Crippen molar-refractivity contribution >= 4 is 17.3 Å². The highest BCUT2D eigenvalue weighted by atomic mass is 16.3. The number of anilines is 2. The summed E-state index contributed by atoms with van der Waals surface area (Å²) in [5.74, 6) is -0.705. The van der Waals surface area contributed by atoms with E-state index in [-0.39, 0.29) is 17.0 Å². The van der Waals surface area contributed by atoms with Crippen molar-refractivity contribution in [3.8, 4) is 11.8 Å². The monoisotopic (exact) mass is 253 g/mol. The number of benzene rings is 2. The van der Waals surface area contributed by atoms with Crippen LogP contribution in [0.25, 0.3) is 0 Å². The van der Waals surface area contributed by atoms with E-state index in [4.69, 9.17) is 11.0 Å². The van der Waals surface area contributed by atoms with Crippen molar-refractivity contribution in [2.24, 2.45) is 0 Å². The third kappa shape index (κ3) is 2.64. The van der Waals surface area contributed by atoms with E-state index in [0.717, 1.165) is 0 Å². The molecule has 0 unspecified atom stereocenters. The summed E-state index contributed by atoms with van der Waals surface area (Å²) in [6, 6.07) is 13.0. The van der Waals surface area contributed by atoms with E-state index < -0.39 is 5.91 Å². The maximum Gasteiger partial charge on any atom is 0.259 e. The zero-order valence-electron chi connectivity index (χ0n) is 9.92. The van der Waals surface area contributed by atoms with Crippen LogP contribution in [0.4, 0.5) is 11.4 Å². The number of nitriles is 1. The number of nitrogens with one attached hydrogen (secondary N) is 1. The number of carbonyl (C=O) groups excluding carboxylic acids is 1. The van der Waals surface area contributed by atoms with Crippen LogP contribution in [-0.2, 0) is 0 Å². The number of amides is 1. The highest BCUT2D eigenvalue weighted by Gasteiger charge is 2.12. The number of carbonyl (C=O) groups is 1. The minimum absolute atomic E-state index is 0.101. The van der Waals surface area contributed by atoms with Gasteiger partial charge in [-0.15, -0.1) is 0 Å². The summed E-state index contributed by atoms with van der Waals surface area (Å²) >= 11 is 0. The maximum atomic E-state index is 11.9. The number of hydrogen-bond donors (Lipinski definition) is 3. The fourth-order valence-corrected chi connectivity index (χ4v) is 1.57. The number of phenols is 1.